The molecular weight excluding hydrogens is 167 g/mol. The molecule has 0 N–H and O–H groups in total. The second kappa shape index (κ2) is 3.13. The Kier molecular flexibility index (Phi) is 2.10. The third kappa shape index (κ3) is 1.90. The van der Waals surface area contributed by atoms with Crippen LogP contribution < -0.4 is 0 Å². The lowest BCUT2D eigenvalue weighted by atomic mass is 9.85. The SMILES string of the molecule is CC1(F)CCC(n2cccn2)CC1. The van der Waals surface area contributed by atoms with Crippen molar-refractivity contribution in [2.24, 2.45) is 0 Å². The van der Waals surface area contributed by atoms with Crippen LogP contribution in [0.15, 0.2) is 18.5 Å². The third-order valence-corrected chi connectivity index (χ3v) is 2.90. The summed E-state index contributed by atoms with van der Waals surface area (Å²) >= 11 is 0. The van der Waals surface area contributed by atoms with E-state index < -0.39 is 5.67 Å². The van der Waals surface area contributed by atoms with Crippen molar-refractivity contribution in [3.05, 3.63) is 18.5 Å². The highest BCUT2D eigenvalue weighted by atomic mass is 19.1. The molecule has 1 aromatic rings. The van der Waals surface area contributed by atoms with Gasteiger partial charge in [-0.3, -0.25) is 4.68 Å². The summed E-state index contributed by atoms with van der Waals surface area (Å²) in [6, 6.07) is 2.34. The fourth-order valence-electron chi connectivity index (χ4n) is 1.97. The molecule has 0 atom stereocenters. The number of halogens is 1. The summed E-state index contributed by atoms with van der Waals surface area (Å²) in [6.45, 7) is 1.70. The quantitative estimate of drug-likeness (QED) is 0.653. The van der Waals surface area contributed by atoms with Crippen LogP contribution in [-0.4, -0.2) is 15.4 Å². The Hall–Kier alpha value is -0.860. The largest absolute Gasteiger partial charge is 0.270 e. The molecule has 0 aliphatic heterocycles. The van der Waals surface area contributed by atoms with E-state index in [9.17, 15) is 4.39 Å². The van der Waals surface area contributed by atoms with E-state index in [2.05, 4.69) is 5.10 Å². The molecule has 1 saturated carbocycles. The van der Waals surface area contributed by atoms with Crippen LogP contribution in [-0.2, 0) is 0 Å². The molecule has 2 nitrogen and oxygen atoms in total. The number of alkyl halides is 1. The van der Waals surface area contributed by atoms with Crippen LogP contribution in [0.5, 0.6) is 0 Å². The first-order valence-electron chi connectivity index (χ1n) is 4.85. The predicted molar refractivity (Wildman–Crippen MR) is 49.2 cm³/mol. The summed E-state index contributed by atoms with van der Waals surface area (Å²) in [5, 5.41) is 4.18. The van der Waals surface area contributed by atoms with E-state index in [1.165, 1.54) is 0 Å². The molecule has 0 aromatic carbocycles. The first kappa shape index (κ1) is 8.73. The van der Waals surface area contributed by atoms with Gasteiger partial charge in [0.2, 0.25) is 0 Å². The molecule has 13 heavy (non-hydrogen) atoms. The molecule has 2 rings (SSSR count). The van der Waals surface area contributed by atoms with Crippen LogP contribution >= 0.6 is 0 Å². The van der Waals surface area contributed by atoms with Gasteiger partial charge in [-0.1, -0.05) is 0 Å². The van der Waals surface area contributed by atoms with Crippen LogP contribution in [0.3, 0.4) is 0 Å². The molecule has 0 spiro atoms. The predicted octanol–water partition coefficient (Wildman–Crippen LogP) is 2.73. The Bertz CT molecular complexity index is 256. The second-order valence-corrected chi connectivity index (χ2v) is 4.13. The van der Waals surface area contributed by atoms with E-state index in [0.717, 1.165) is 12.8 Å². The van der Waals surface area contributed by atoms with Gasteiger partial charge in [0.25, 0.3) is 0 Å². The van der Waals surface area contributed by atoms with E-state index in [1.54, 1.807) is 13.1 Å². The Balaban J connectivity index is 1.99. The number of nitrogens with zero attached hydrogens (tertiary/aromatic N) is 2. The van der Waals surface area contributed by atoms with Crippen molar-refractivity contribution >= 4 is 0 Å². The summed E-state index contributed by atoms with van der Waals surface area (Å²) in [5.74, 6) is 0. The van der Waals surface area contributed by atoms with Gasteiger partial charge in [0, 0.05) is 12.4 Å². The molecule has 0 bridgehead atoms. The highest BCUT2D eigenvalue weighted by Gasteiger charge is 2.31. The van der Waals surface area contributed by atoms with E-state index in [4.69, 9.17) is 0 Å². The van der Waals surface area contributed by atoms with Crippen molar-refractivity contribution in [1.82, 2.24) is 9.78 Å². The van der Waals surface area contributed by atoms with Crippen LogP contribution in [0, 0.1) is 0 Å². The van der Waals surface area contributed by atoms with Crippen LogP contribution in [0.4, 0.5) is 4.39 Å². The van der Waals surface area contributed by atoms with Gasteiger partial charge in [0.1, 0.15) is 5.67 Å². The lowest BCUT2D eigenvalue weighted by Gasteiger charge is -2.31. The van der Waals surface area contributed by atoms with Gasteiger partial charge < -0.3 is 0 Å². The third-order valence-electron chi connectivity index (χ3n) is 2.90. The number of rotatable bonds is 1. The normalized spacial score (nSPS) is 34.8. The second-order valence-electron chi connectivity index (χ2n) is 4.13. The monoisotopic (exact) mass is 182 g/mol. The molecule has 0 amide bonds. The molecule has 0 radical (unpaired) electrons. The van der Waals surface area contributed by atoms with Gasteiger partial charge in [-0.15, -0.1) is 0 Å². The van der Waals surface area contributed by atoms with E-state index in [-0.39, 0.29) is 0 Å². The summed E-state index contributed by atoms with van der Waals surface area (Å²) < 4.78 is 15.4. The lowest BCUT2D eigenvalue weighted by Crippen LogP contribution is -2.27. The Morgan fingerprint density at radius 2 is 2.15 bits per heavy atom. The van der Waals surface area contributed by atoms with Crippen LogP contribution in [0.2, 0.25) is 0 Å². The average Bonchev–Trinajstić information content (AvgIpc) is 2.56. The maximum atomic E-state index is 13.5. The highest BCUT2D eigenvalue weighted by Crippen LogP contribution is 2.36. The van der Waals surface area contributed by atoms with Gasteiger partial charge in [0.05, 0.1) is 6.04 Å². The van der Waals surface area contributed by atoms with E-state index in [1.807, 2.05) is 16.9 Å². The Morgan fingerprint density at radius 3 is 2.69 bits per heavy atom. The topological polar surface area (TPSA) is 17.8 Å². The molecule has 72 valence electrons. The van der Waals surface area contributed by atoms with Gasteiger partial charge in [-0.05, 0) is 38.7 Å². The molecule has 3 heteroatoms. The summed E-state index contributed by atoms with van der Waals surface area (Å²) in [7, 11) is 0. The van der Waals surface area contributed by atoms with Crippen molar-refractivity contribution in [3.8, 4) is 0 Å². The maximum absolute atomic E-state index is 13.5. The first-order chi connectivity index (χ1) is 6.17. The van der Waals surface area contributed by atoms with Gasteiger partial charge >= 0.3 is 0 Å². The molecule has 1 fully saturated rings. The molecular formula is C10H15FN2. The van der Waals surface area contributed by atoms with Gasteiger partial charge in [-0.25, -0.2) is 4.39 Å². The molecule has 0 saturated heterocycles. The minimum atomic E-state index is -0.941. The van der Waals surface area contributed by atoms with Crippen LogP contribution in [0.1, 0.15) is 38.6 Å². The molecule has 0 unspecified atom stereocenters. The zero-order valence-corrected chi connectivity index (χ0v) is 7.91. The van der Waals surface area contributed by atoms with Crippen LogP contribution in [0.25, 0.3) is 0 Å². The fourth-order valence-corrected chi connectivity index (χ4v) is 1.97. The van der Waals surface area contributed by atoms with Crippen molar-refractivity contribution in [2.75, 3.05) is 0 Å². The molecule has 1 heterocycles. The average molecular weight is 182 g/mol. The van der Waals surface area contributed by atoms with Crippen molar-refractivity contribution in [2.45, 2.75) is 44.3 Å². The molecule has 1 aliphatic rings. The highest BCUT2D eigenvalue weighted by molar-refractivity contribution is 4.87. The minimum Gasteiger partial charge on any atom is -0.270 e. The molecule has 1 aliphatic carbocycles. The fraction of sp³-hybridized carbons (Fsp3) is 0.700. The number of hydrogen-bond acceptors (Lipinski definition) is 1. The Labute approximate surface area is 77.8 Å². The van der Waals surface area contributed by atoms with Gasteiger partial charge in [-0.2, -0.15) is 5.10 Å². The maximum Gasteiger partial charge on any atom is 0.108 e. The van der Waals surface area contributed by atoms with Crippen molar-refractivity contribution in [1.29, 1.82) is 0 Å². The summed E-state index contributed by atoms with van der Waals surface area (Å²) in [4.78, 5) is 0. The zero-order valence-electron chi connectivity index (χ0n) is 7.91. The Morgan fingerprint density at radius 1 is 1.46 bits per heavy atom. The molecule has 1 aromatic heterocycles. The summed E-state index contributed by atoms with van der Waals surface area (Å²) in [6.07, 6.45) is 6.90. The smallest absolute Gasteiger partial charge is 0.108 e. The van der Waals surface area contributed by atoms with E-state index >= 15 is 0 Å². The van der Waals surface area contributed by atoms with E-state index in [0.29, 0.717) is 18.9 Å². The first-order valence-corrected chi connectivity index (χ1v) is 4.85. The summed E-state index contributed by atoms with van der Waals surface area (Å²) in [5.41, 5.74) is -0.941. The zero-order chi connectivity index (χ0) is 9.31. The number of aromatic nitrogens is 2. The standard InChI is InChI=1S/C10H15FN2/c1-10(11)5-3-9(4-6-10)13-8-2-7-12-13/h2,7-9H,3-6H2,1H3. The van der Waals surface area contributed by atoms with Gasteiger partial charge in [0.15, 0.2) is 0 Å². The minimum absolute atomic E-state index is 0.416. The number of hydrogen-bond donors (Lipinski definition) is 0. The van der Waals surface area contributed by atoms with Crippen molar-refractivity contribution in [3.63, 3.8) is 0 Å². The lowest BCUT2D eigenvalue weighted by molar-refractivity contribution is 0.102. The van der Waals surface area contributed by atoms with Crippen molar-refractivity contribution < 1.29 is 4.39 Å².